The zero-order valence-electron chi connectivity index (χ0n) is 15.2. The van der Waals surface area contributed by atoms with Crippen LogP contribution < -0.4 is 10.1 Å². The summed E-state index contributed by atoms with van der Waals surface area (Å²) < 4.78 is 5.55. The molecular weight excluding hydrogens is 352 g/mol. The summed E-state index contributed by atoms with van der Waals surface area (Å²) in [5.41, 5.74) is 2.06. The average molecular weight is 375 g/mol. The Bertz CT molecular complexity index is 762. The Kier molecular flexibility index (Phi) is 7.04. The topological polar surface area (TPSA) is 58.6 Å². The molecule has 6 heteroatoms. The van der Waals surface area contributed by atoms with Crippen molar-refractivity contribution >= 4 is 23.4 Å². The first-order chi connectivity index (χ1) is 12.4. The van der Waals surface area contributed by atoms with E-state index in [1.165, 1.54) is 4.90 Å². The fraction of sp³-hybridized carbons (Fsp3) is 0.300. The van der Waals surface area contributed by atoms with Crippen molar-refractivity contribution in [2.45, 2.75) is 26.4 Å². The number of aryl methyl sites for hydroxylation is 1. The highest BCUT2D eigenvalue weighted by Crippen LogP contribution is 2.16. The standard InChI is InChI=1S/C20H23ClN2O3/c1-14-5-4-6-16(11-14)12-23(15(2)20(25)22-3)19(24)13-26-18-9-7-17(21)8-10-18/h4-11,15H,12-13H2,1-3H3,(H,22,25)/t15-/m0/s1. The predicted molar refractivity (Wildman–Crippen MR) is 102 cm³/mol. The fourth-order valence-electron chi connectivity index (χ4n) is 2.56. The Morgan fingerprint density at radius 1 is 1.19 bits per heavy atom. The lowest BCUT2D eigenvalue weighted by Gasteiger charge is -2.28. The number of nitrogens with zero attached hydrogens (tertiary/aromatic N) is 1. The fourth-order valence-corrected chi connectivity index (χ4v) is 2.68. The Morgan fingerprint density at radius 2 is 1.88 bits per heavy atom. The van der Waals surface area contributed by atoms with Gasteiger partial charge in [0.25, 0.3) is 5.91 Å². The van der Waals surface area contributed by atoms with Gasteiger partial charge < -0.3 is 15.0 Å². The summed E-state index contributed by atoms with van der Waals surface area (Å²) in [4.78, 5) is 26.3. The minimum atomic E-state index is -0.609. The van der Waals surface area contributed by atoms with Crippen LogP contribution in [-0.2, 0) is 16.1 Å². The molecule has 2 rings (SSSR count). The van der Waals surface area contributed by atoms with E-state index in [0.29, 0.717) is 17.3 Å². The lowest BCUT2D eigenvalue weighted by atomic mass is 10.1. The number of benzene rings is 2. The van der Waals surface area contributed by atoms with Gasteiger partial charge in [0.1, 0.15) is 11.8 Å². The maximum Gasteiger partial charge on any atom is 0.261 e. The van der Waals surface area contributed by atoms with E-state index in [0.717, 1.165) is 11.1 Å². The summed E-state index contributed by atoms with van der Waals surface area (Å²) >= 11 is 5.85. The number of hydrogen-bond acceptors (Lipinski definition) is 3. The van der Waals surface area contributed by atoms with Gasteiger partial charge in [0.05, 0.1) is 0 Å². The Balaban J connectivity index is 2.12. The number of nitrogens with one attached hydrogen (secondary N) is 1. The van der Waals surface area contributed by atoms with E-state index in [2.05, 4.69) is 5.32 Å². The smallest absolute Gasteiger partial charge is 0.261 e. The van der Waals surface area contributed by atoms with Gasteiger partial charge in [-0.25, -0.2) is 0 Å². The molecule has 0 spiro atoms. The van der Waals surface area contributed by atoms with E-state index in [9.17, 15) is 9.59 Å². The molecule has 2 amide bonds. The highest BCUT2D eigenvalue weighted by atomic mass is 35.5. The van der Waals surface area contributed by atoms with Gasteiger partial charge in [0.15, 0.2) is 6.61 Å². The van der Waals surface area contributed by atoms with Crippen molar-refractivity contribution in [3.63, 3.8) is 0 Å². The summed E-state index contributed by atoms with van der Waals surface area (Å²) in [6, 6.07) is 14.0. The van der Waals surface area contributed by atoms with Crippen molar-refractivity contribution in [3.05, 3.63) is 64.7 Å². The maximum absolute atomic E-state index is 12.7. The number of ether oxygens (including phenoxy) is 1. The van der Waals surface area contributed by atoms with E-state index in [4.69, 9.17) is 16.3 Å². The van der Waals surface area contributed by atoms with Crippen LogP contribution in [0.15, 0.2) is 48.5 Å². The summed E-state index contributed by atoms with van der Waals surface area (Å²) in [6.45, 7) is 3.87. The minimum Gasteiger partial charge on any atom is -0.484 e. The van der Waals surface area contributed by atoms with Crippen molar-refractivity contribution in [3.8, 4) is 5.75 Å². The zero-order valence-corrected chi connectivity index (χ0v) is 15.9. The van der Waals surface area contributed by atoms with E-state index < -0.39 is 6.04 Å². The zero-order chi connectivity index (χ0) is 19.1. The highest BCUT2D eigenvalue weighted by molar-refractivity contribution is 6.30. The average Bonchev–Trinajstić information content (AvgIpc) is 2.64. The molecule has 0 saturated carbocycles. The third-order valence-electron chi connectivity index (χ3n) is 4.03. The molecular formula is C20H23ClN2O3. The molecule has 1 atom stereocenters. The van der Waals surface area contributed by atoms with Gasteiger partial charge in [-0.05, 0) is 43.7 Å². The van der Waals surface area contributed by atoms with Gasteiger partial charge in [-0.1, -0.05) is 41.4 Å². The summed E-state index contributed by atoms with van der Waals surface area (Å²) in [5, 5.41) is 3.18. The van der Waals surface area contributed by atoms with Gasteiger partial charge in [0, 0.05) is 18.6 Å². The molecule has 26 heavy (non-hydrogen) atoms. The molecule has 0 aliphatic heterocycles. The van der Waals surface area contributed by atoms with Crippen LogP contribution >= 0.6 is 11.6 Å². The van der Waals surface area contributed by atoms with Crippen molar-refractivity contribution in [2.75, 3.05) is 13.7 Å². The van der Waals surface area contributed by atoms with E-state index >= 15 is 0 Å². The molecule has 0 aliphatic carbocycles. The quantitative estimate of drug-likeness (QED) is 0.809. The first kappa shape index (κ1) is 19.8. The Labute approximate surface area is 158 Å². The highest BCUT2D eigenvalue weighted by Gasteiger charge is 2.25. The van der Waals surface area contributed by atoms with Crippen LogP contribution in [-0.4, -0.2) is 36.4 Å². The van der Waals surface area contributed by atoms with Crippen LogP contribution in [0.25, 0.3) is 0 Å². The van der Waals surface area contributed by atoms with Crippen LogP contribution in [0.2, 0.25) is 5.02 Å². The Morgan fingerprint density at radius 3 is 2.50 bits per heavy atom. The summed E-state index contributed by atoms with van der Waals surface area (Å²) in [5.74, 6) is 0.0564. The van der Waals surface area contributed by atoms with Crippen molar-refractivity contribution in [1.82, 2.24) is 10.2 Å². The summed E-state index contributed by atoms with van der Waals surface area (Å²) in [7, 11) is 1.55. The molecule has 0 bridgehead atoms. The second kappa shape index (κ2) is 9.25. The molecule has 1 N–H and O–H groups in total. The van der Waals surface area contributed by atoms with Crippen LogP contribution in [0.4, 0.5) is 0 Å². The molecule has 5 nitrogen and oxygen atoms in total. The van der Waals surface area contributed by atoms with Crippen LogP contribution in [0, 0.1) is 6.92 Å². The number of amides is 2. The van der Waals surface area contributed by atoms with Crippen LogP contribution in [0.5, 0.6) is 5.75 Å². The van der Waals surface area contributed by atoms with Crippen molar-refractivity contribution in [1.29, 1.82) is 0 Å². The van der Waals surface area contributed by atoms with Crippen molar-refractivity contribution in [2.24, 2.45) is 0 Å². The lowest BCUT2D eigenvalue weighted by molar-refractivity contribution is -0.142. The molecule has 0 aliphatic rings. The monoisotopic (exact) mass is 374 g/mol. The summed E-state index contributed by atoms with van der Waals surface area (Å²) in [6.07, 6.45) is 0. The minimum absolute atomic E-state index is 0.158. The first-order valence-corrected chi connectivity index (χ1v) is 8.73. The third-order valence-corrected chi connectivity index (χ3v) is 4.28. The first-order valence-electron chi connectivity index (χ1n) is 8.35. The predicted octanol–water partition coefficient (Wildman–Crippen LogP) is 3.19. The van der Waals surface area contributed by atoms with Crippen molar-refractivity contribution < 1.29 is 14.3 Å². The number of carbonyl (C=O) groups is 2. The Hall–Kier alpha value is -2.53. The number of hydrogen-bond donors (Lipinski definition) is 1. The SMILES string of the molecule is CNC(=O)[C@H](C)N(Cc1cccc(C)c1)C(=O)COc1ccc(Cl)cc1. The second-order valence-corrected chi connectivity index (χ2v) is 6.48. The van der Waals surface area contributed by atoms with E-state index in [-0.39, 0.29) is 18.4 Å². The molecule has 0 radical (unpaired) electrons. The number of rotatable bonds is 7. The second-order valence-electron chi connectivity index (χ2n) is 6.04. The van der Waals surface area contributed by atoms with Crippen LogP contribution in [0.1, 0.15) is 18.1 Å². The van der Waals surface area contributed by atoms with Gasteiger partial charge in [0.2, 0.25) is 5.91 Å². The van der Waals surface area contributed by atoms with E-state index in [1.807, 2.05) is 31.2 Å². The van der Waals surface area contributed by atoms with Gasteiger partial charge in [-0.3, -0.25) is 9.59 Å². The molecule has 2 aromatic rings. The van der Waals surface area contributed by atoms with Gasteiger partial charge >= 0.3 is 0 Å². The number of halogens is 1. The molecule has 0 saturated heterocycles. The lowest BCUT2D eigenvalue weighted by Crippen LogP contribution is -2.48. The molecule has 0 aromatic heterocycles. The third kappa shape index (κ3) is 5.49. The molecule has 2 aromatic carbocycles. The largest absolute Gasteiger partial charge is 0.484 e. The maximum atomic E-state index is 12.7. The van der Waals surface area contributed by atoms with Gasteiger partial charge in [-0.2, -0.15) is 0 Å². The van der Waals surface area contributed by atoms with E-state index in [1.54, 1.807) is 38.2 Å². The molecule has 138 valence electrons. The molecule has 0 fully saturated rings. The molecule has 0 unspecified atom stereocenters. The van der Waals surface area contributed by atoms with Gasteiger partial charge in [-0.15, -0.1) is 0 Å². The van der Waals surface area contributed by atoms with Crippen LogP contribution in [0.3, 0.4) is 0 Å². The normalized spacial score (nSPS) is 11.5. The number of likely N-dealkylation sites (N-methyl/N-ethyl adjacent to an activating group) is 1. The number of carbonyl (C=O) groups excluding carboxylic acids is 2. The molecule has 0 heterocycles.